The van der Waals surface area contributed by atoms with E-state index in [1.807, 2.05) is 0 Å². The van der Waals surface area contributed by atoms with Crippen LogP contribution in [0.2, 0.25) is 0 Å². The molecular weight excluding hydrogens is 370 g/mol. The van der Waals surface area contributed by atoms with E-state index in [1.54, 1.807) is 30.0 Å². The molecular formula is C18H21N3O5S. The monoisotopic (exact) mass is 391 g/mol. The molecule has 0 aliphatic carbocycles. The summed E-state index contributed by atoms with van der Waals surface area (Å²) < 4.78 is 10.2. The molecule has 1 aromatic rings. The SMILES string of the molecule is C=CCN1C(=S)N[C@H](c2cccc([N+](=O)[O-])c2)C(C(=O)OCCOC)=C1C. The lowest BCUT2D eigenvalue weighted by Gasteiger charge is -2.37. The number of carbonyl (C=O) groups excluding carboxylic acids is 1. The van der Waals surface area contributed by atoms with Gasteiger partial charge >= 0.3 is 5.97 Å². The molecule has 1 aliphatic rings. The van der Waals surface area contributed by atoms with Crippen LogP contribution in [-0.4, -0.2) is 47.8 Å². The summed E-state index contributed by atoms with van der Waals surface area (Å²) in [6.07, 6.45) is 1.67. The van der Waals surface area contributed by atoms with E-state index in [0.717, 1.165) is 0 Å². The summed E-state index contributed by atoms with van der Waals surface area (Å²) in [5.41, 5.74) is 1.42. The molecule has 9 heteroatoms. The van der Waals surface area contributed by atoms with E-state index in [-0.39, 0.29) is 18.9 Å². The number of carbonyl (C=O) groups is 1. The Morgan fingerprint density at radius 1 is 1.48 bits per heavy atom. The Morgan fingerprint density at radius 2 is 2.22 bits per heavy atom. The van der Waals surface area contributed by atoms with E-state index in [1.165, 1.54) is 19.2 Å². The minimum absolute atomic E-state index is 0.0708. The summed E-state index contributed by atoms with van der Waals surface area (Å²) in [5, 5.41) is 14.6. The molecule has 0 spiro atoms. The standard InChI is InChI=1S/C18H21N3O5S/c1-4-8-20-12(2)15(17(22)26-10-9-25-3)16(19-18(20)27)13-6-5-7-14(11-13)21(23)24/h4-7,11,16H,1,8-10H2,2-3H3,(H,19,27)/t16-/m1/s1. The van der Waals surface area contributed by atoms with Crippen molar-refractivity contribution in [3.8, 4) is 0 Å². The van der Waals surface area contributed by atoms with E-state index in [9.17, 15) is 14.9 Å². The number of allylic oxidation sites excluding steroid dienone is 1. The molecule has 0 aromatic heterocycles. The minimum Gasteiger partial charge on any atom is -0.460 e. The van der Waals surface area contributed by atoms with Crippen molar-refractivity contribution in [2.45, 2.75) is 13.0 Å². The van der Waals surface area contributed by atoms with Gasteiger partial charge in [-0.3, -0.25) is 10.1 Å². The highest BCUT2D eigenvalue weighted by atomic mass is 32.1. The molecule has 1 atom stereocenters. The predicted molar refractivity (Wildman–Crippen MR) is 104 cm³/mol. The van der Waals surface area contributed by atoms with Crippen molar-refractivity contribution in [1.82, 2.24) is 10.2 Å². The van der Waals surface area contributed by atoms with Gasteiger partial charge < -0.3 is 19.7 Å². The van der Waals surface area contributed by atoms with Crippen LogP contribution in [0, 0.1) is 10.1 Å². The topological polar surface area (TPSA) is 93.9 Å². The third-order valence-corrected chi connectivity index (χ3v) is 4.40. The number of nitrogens with one attached hydrogen (secondary N) is 1. The number of nitro groups is 1. The van der Waals surface area contributed by atoms with Crippen molar-refractivity contribution < 1.29 is 19.2 Å². The van der Waals surface area contributed by atoms with Crippen LogP contribution in [0.4, 0.5) is 5.69 Å². The highest BCUT2D eigenvalue weighted by molar-refractivity contribution is 7.80. The number of benzene rings is 1. The lowest BCUT2D eigenvalue weighted by atomic mass is 9.94. The highest BCUT2D eigenvalue weighted by Gasteiger charge is 2.35. The molecule has 0 bridgehead atoms. The number of ether oxygens (including phenoxy) is 2. The van der Waals surface area contributed by atoms with Gasteiger partial charge in [-0.15, -0.1) is 6.58 Å². The number of rotatable bonds is 8. The molecule has 0 saturated heterocycles. The van der Waals surface area contributed by atoms with Crippen molar-refractivity contribution in [3.05, 3.63) is 63.9 Å². The highest BCUT2D eigenvalue weighted by Crippen LogP contribution is 2.32. The molecule has 1 N–H and O–H groups in total. The number of methoxy groups -OCH3 is 1. The third-order valence-electron chi connectivity index (χ3n) is 4.06. The smallest absolute Gasteiger partial charge is 0.338 e. The molecule has 1 aliphatic heterocycles. The lowest BCUT2D eigenvalue weighted by Crippen LogP contribution is -2.47. The molecule has 2 rings (SSSR count). The van der Waals surface area contributed by atoms with Gasteiger partial charge in [-0.05, 0) is 24.7 Å². The molecule has 0 amide bonds. The third kappa shape index (κ3) is 4.69. The summed E-state index contributed by atoms with van der Waals surface area (Å²) in [5.74, 6) is -0.537. The van der Waals surface area contributed by atoms with Gasteiger partial charge in [0.2, 0.25) is 0 Å². The molecule has 0 unspecified atom stereocenters. The number of nitrogens with zero attached hydrogens (tertiary/aromatic N) is 2. The lowest BCUT2D eigenvalue weighted by molar-refractivity contribution is -0.384. The number of non-ortho nitro benzene ring substituents is 1. The second-order valence-electron chi connectivity index (χ2n) is 5.76. The molecule has 8 nitrogen and oxygen atoms in total. The van der Waals surface area contributed by atoms with E-state index < -0.39 is 16.9 Å². The normalized spacial score (nSPS) is 16.7. The van der Waals surface area contributed by atoms with Crippen LogP contribution in [-0.2, 0) is 14.3 Å². The van der Waals surface area contributed by atoms with E-state index in [0.29, 0.717) is 28.5 Å². The molecule has 1 aromatic carbocycles. The van der Waals surface area contributed by atoms with Gasteiger partial charge in [0.25, 0.3) is 5.69 Å². The molecule has 27 heavy (non-hydrogen) atoms. The quantitative estimate of drug-likeness (QED) is 0.180. The maximum Gasteiger partial charge on any atom is 0.338 e. The maximum atomic E-state index is 12.7. The van der Waals surface area contributed by atoms with E-state index >= 15 is 0 Å². The largest absolute Gasteiger partial charge is 0.460 e. The zero-order chi connectivity index (χ0) is 20.0. The molecule has 144 valence electrons. The first-order valence-corrected chi connectivity index (χ1v) is 8.61. The van der Waals surface area contributed by atoms with Crippen LogP contribution in [0.3, 0.4) is 0 Å². The predicted octanol–water partition coefficient (Wildman–Crippen LogP) is 2.48. The second-order valence-corrected chi connectivity index (χ2v) is 6.15. The number of esters is 1. The number of hydrogen-bond donors (Lipinski definition) is 1. The maximum absolute atomic E-state index is 12.7. The van der Waals surface area contributed by atoms with Gasteiger partial charge in [0.15, 0.2) is 5.11 Å². The average Bonchev–Trinajstić information content (AvgIpc) is 2.64. The number of thiocarbonyl (C=S) groups is 1. The number of hydrogen-bond acceptors (Lipinski definition) is 6. The van der Waals surface area contributed by atoms with Crippen LogP contribution in [0.5, 0.6) is 0 Å². The van der Waals surface area contributed by atoms with Gasteiger partial charge in [0.05, 0.1) is 23.1 Å². The Kier molecular flexibility index (Phi) is 7.03. The molecule has 1 heterocycles. The average molecular weight is 391 g/mol. The van der Waals surface area contributed by atoms with Crippen molar-refractivity contribution in [2.24, 2.45) is 0 Å². The summed E-state index contributed by atoms with van der Waals surface area (Å²) in [6.45, 7) is 6.23. The Bertz CT molecular complexity index is 793. The Morgan fingerprint density at radius 3 is 2.85 bits per heavy atom. The van der Waals surface area contributed by atoms with Crippen LogP contribution in [0.15, 0.2) is 48.2 Å². The Balaban J connectivity index is 2.48. The van der Waals surface area contributed by atoms with Gasteiger partial charge in [0, 0.05) is 31.5 Å². The summed E-state index contributed by atoms with van der Waals surface area (Å²) in [4.78, 5) is 25.1. The first kappa shape index (κ1) is 20.5. The van der Waals surface area contributed by atoms with Crippen LogP contribution < -0.4 is 5.32 Å². The zero-order valence-corrected chi connectivity index (χ0v) is 16.0. The Labute approximate surface area is 162 Å². The summed E-state index contributed by atoms with van der Waals surface area (Å²) in [7, 11) is 1.51. The van der Waals surface area contributed by atoms with Crippen LogP contribution in [0.25, 0.3) is 0 Å². The first-order chi connectivity index (χ1) is 12.9. The van der Waals surface area contributed by atoms with Crippen LogP contribution in [0.1, 0.15) is 18.5 Å². The Hall–Kier alpha value is -2.78. The van der Waals surface area contributed by atoms with E-state index in [2.05, 4.69) is 11.9 Å². The van der Waals surface area contributed by atoms with Gasteiger partial charge in [-0.25, -0.2) is 4.79 Å². The fourth-order valence-corrected chi connectivity index (χ4v) is 3.09. The number of nitro benzene ring substituents is 1. The molecule has 0 radical (unpaired) electrons. The fourth-order valence-electron chi connectivity index (χ4n) is 2.76. The minimum atomic E-state index is -0.659. The molecule has 0 saturated carbocycles. The van der Waals surface area contributed by atoms with Crippen molar-refractivity contribution in [3.63, 3.8) is 0 Å². The summed E-state index contributed by atoms with van der Waals surface area (Å²) >= 11 is 5.40. The molecule has 0 fully saturated rings. The first-order valence-electron chi connectivity index (χ1n) is 8.20. The zero-order valence-electron chi connectivity index (χ0n) is 15.1. The summed E-state index contributed by atoms with van der Waals surface area (Å²) in [6, 6.07) is 5.42. The van der Waals surface area contributed by atoms with Crippen LogP contribution >= 0.6 is 12.2 Å². The van der Waals surface area contributed by atoms with E-state index in [4.69, 9.17) is 21.7 Å². The van der Waals surface area contributed by atoms with Crippen molar-refractivity contribution in [2.75, 3.05) is 26.9 Å². The van der Waals surface area contributed by atoms with Crippen molar-refractivity contribution in [1.29, 1.82) is 0 Å². The second kappa shape index (κ2) is 9.24. The fraction of sp³-hybridized carbons (Fsp3) is 0.333. The van der Waals surface area contributed by atoms with Gasteiger partial charge in [-0.1, -0.05) is 18.2 Å². The van der Waals surface area contributed by atoms with Crippen molar-refractivity contribution >= 4 is 29.0 Å². The van der Waals surface area contributed by atoms with Gasteiger partial charge in [-0.2, -0.15) is 0 Å². The van der Waals surface area contributed by atoms with Gasteiger partial charge in [0.1, 0.15) is 6.61 Å².